The minimum Gasteiger partial charge on any atom is -0.394 e. The van der Waals surface area contributed by atoms with Gasteiger partial charge in [0.1, 0.15) is 36.6 Å². The summed E-state index contributed by atoms with van der Waals surface area (Å²) in [6.07, 6.45) is 55.6. The van der Waals surface area contributed by atoms with Crippen molar-refractivity contribution < 1.29 is 50.0 Å². The van der Waals surface area contributed by atoms with Gasteiger partial charge in [-0.25, -0.2) is 0 Å². The number of nitrogens with one attached hydrogen (secondary N) is 1. The molecule has 1 fully saturated rings. The summed E-state index contributed by atoms with van der Waals surface area (Å²) in [5.41, 5.74) is 0. The number of allylic oxidation sites excluding steroid dienone is 6. The van der Waals surface area contributed by atoms with Crippen LogP contribution in [0.25, 0.3) is 0 Å². The summed E-state index contributed by atoms with van der Waals surface area (Å²) >= 11 is 0. The molecule has 0 aromatic heterocycles. The zero-order valence-corrected chi connectivity index (χ0v) is 48.5. The van der Waals surface area contributed by atoms with Gasteiger partial charge in [-0.3, -0.25) is 4.79 Å². The minimum absolute atomic E-state index is 0.241. The maximum Gasteiger partial charge on any atom is 0.249 e. The van der Waals surface area contributed by atoms with Crippen LogP contribution in [0.1, 0.15) is 296 Å². The minimum atomic E-state index is -1.67. The Balaban J connectivity index is 2.11. The first-order chi connectivity index (χ1) is 36.7. The van der Waals surface area contributed by atoms with Gasteiger partial charge in [0.15, 0.2) is 6.29 Å². The Morgan fingerprint density at radius 3 is 1.21 bits per heavy atom. The van der Waals surface area contributed by atoms with Gasteiger partial charge < -0.3 is 50.5 Å². The standard InChI is InChI=1S/C64H121NO10/c1-3-5-7-9-11-13-15-17-18-19-20-21-22-23-24-25-26-27-28-29-30-31-32-33-34-35-36-37-38-39-40-42-44-46-48-50-52-57(68)63(73)65-55(54-74-64-62(72)61(71)60(70)58(53-66)75-64)59(69)56(67)51-49-47-45-43-41-16-14-12-10-8-6-4-2/h4,6,12,14,43,45,55-62,64,66-72H,3,5,7-11,13,15-42,44,46-54H2,1-2H3,(H,65,73)/b6-4+,14-12+,45-43+. The van der Waals surface area contributed by atoms with E-state index in [1.54, 1.807) is 0 Å². The third-order valence-corrected chi connectivity index (χ3v) is 15.5. The van der Waals surface area contributed by atoms with Gasteiger partial charge >= 0.3 is 0 Å². The number of rotatable bonds is 55. The van der Waals surface area contributed by atoms with Crippen molar-refractivity contribution in [2.75, 3.05) is 13.2 Å². The van der Waals surface area contributed by atoms with E-state index < -0.39 is 74.2 Å². The number of hydrogen-bond donors (Lipinski definition) is 8. The smallest absolute Gasteiger partial charge is 0.249 e. The fraction of sp³-hybridized carbons (Fsp3) is 0.891. The molecule has 1 amide bonds. The molecular formula is C64H121NO10. The molecule has 0 saturated carbocycles. The first-order valence-corrected chi connectivity index (χ1v) is 31.9. The Kier molecular flexibility index (Phi) is 50.4. The van der Waals surface area contributed by atoms with Crippen molar-refractivity contribution in [3.63, 3.8) is 0 Å². The number of amides is 1. The van der Waals surface area contributed by atoms with E-state index >= 15 is 0 Å². The van der Waals surface area contributed by atoms with Gasteiger partial charge in [-0.2, -0.15) is 0 Å². The van der Waals surface area contributed by atoms with Crippen molar-refractivity contribution in [1.29, 1.82) is 0 Å². The van der Waals surface area contributed by atoms with E-state index in [9.17, 15) is 40.5 Å². The Morgan fingerprint density at radius 1 is 0.480 bits per heavy atom. The number of carbonyl (C=O) groups excluding carboxylic acids is 1. The summed E-state index contributed by atoms with van der Waals surface area (Å²) in [7, 11) is 0. The third-order valence-electron chi connectivity index (χ3n) is 15.5. The van der Waals surface area contributed by atoms with Crippen LogP contribution >= 0.6 is 0 Å². The molecule has 0 aliphatic carbocycles. The van der Waals surface area contributed by atoms with Crippen LogP contribution in [0, 0.1) is 0 Å². The predicted molar refractivity (Wildman–Crippen MR) is 312 cm³/mol. The van der Waals surface area contributed by atoms with Crippen LogP contribution in [0.2, 0.25) is 0 Å². The van der Waals surface area contributed by atoms with E-state index in [1.807, 2.05) is 6.92 Å². The maximum absolute atomic E-state index is 13.2. The molecule has 75 heavy (non-hydrogen) atoms. The van der Waals surface area contributed by atoms with E-state index in [2.05, 4.69) is 48.7 Å². The molecule has 1 heterocycles. The van der Waals surface area contributed by atoms with Gasteiger partial charge in [-0.15, -0.1) is 0 Å². The zero-order chi connectivity index (χ0) is 54.7. The van der Waals surface area contributed by atoms with Gasteiger partial charge in [0.2, 0.25) is 5.91 Å². The highest BCUT2D eigenvalue weighted by Crippen LogP contribution is 2.24. The van der Waals surface area contributed by atoms with Crippen molar-refractivity contribution in [2.24, 2.45) is 0 Å². The van der Waals surface area contributed by atoms with Gasteiger partial charge in [-0.05, 0) is 58.3 Å². The molecule has 9 unspecified atom stereocenters. The molecule has 0 bridgehead atoms. The molecule has 1 rings (SSSR count). The maximum atomic E-state index is 13.2. The van der Waals surface area contributed by atoms with Crippen LogP contribution in [0.4, 0.5) is 0 Å². The highest BCUT2D eigenvalue weighted by molar-refractivity contribution is 5.80. The van der Waals surface area contributed by atoms with E-state index in [0.717, 1.165) is 44.9 Å². The molecule has 1 saturated heterocycles. The van der Waals surface area contributed by atoms with Crippen LogP contribution in [-0.4, -0.2) is 110 Å². The van der Waals surface area contributed by atoms with Crippen molar-refractivity contribution in [3.8, 4) is 0 Å². The third kappa shape index (κ3) is 41.1. The summed E-state index contributed by atoms with van der Waals surface area (Å²) in [6.45, 7) is 3.23. The van der Waals surface area contributed by atoms with Crippen LogP contribution in [0.15, 0.2) is 36.5 Å². The molecule has 9 atom stereocenters. The average Bonchev–Trinajstić information content (AvgIpc) is 3.41. The van der Waals surface area contributed by atoms with Gasteiger partial charge in [0, 0.05) is 0 Å². The molecule has 11 nitrogen and oxygen atoms in total. The van der Waals surface area contributed by atoms with E-state index in [4.69, 9.17) is 9.47 Å². The lowest BCUT2D eigenvalue weighted by Gasteiger charge is -2.40. The van der Waals surface area contributed by atoms with Crippen molar-refractivity contribution in [1.82, 2.24) is 5.32 Å². The second-order valence-corrected chi connectivity index (χ2v) is 22.5. The van der Waals surface area contributed by atoms with E-state index in [-0.39, 0.29) is 12.8 Å². The summed E-state index contributed by atoms with van der Waals surface area (Å²) in [5.74, 6) is -0.709. The van der Waals surface area contributed by atoms with Crippen molar-refractivity contribution in [3.05, 3.63) is 36.5 Å². The Morgan fingerprint density at radius 2 is 0.840 bits per heavy atom. The molecule has 8 N–H and O–H groups in total. The highest BCUT2D eigenvalue weighted by Gasteiger charge is 2.44. The van der Waals surface area contributed by atoms with Gasteiger partial charge in [0.25, 0.3) is 0 Å². The lowest BCUT2D eigenvalue weighted by atomic mass is 9.98. The largest absolute Gasteiger partial charge is 0.394 e. The van der Waals surface area contributed by atoms with Crippen molar-refractivity contribution in [2.45, 2.75) is 351 Å². The Bertz CT molecular complexity index is 1310. The van der Waals surface area contributed by atoms with Crippen LogP contribution in [0.3, 0.4) is 0 Å². The molecule has 0 spiro atoms. The van der Waals surface area contributed by atoms with Gasteiger partial charge in [0.05, 0.1) is 25.4 Å². The van der Waals surface area contributed by atoms with Crippen LogP contribution in [0.5, 0.6) is 0 Å². The van der Waals surface area contributed by atoms with E-state index in [0.29, 0.717) is 19.3 Å². The molecule has 442 valence electrons. The molecule has 1 aliphatic heterocycles. The predicted octanol–water partition coefficient (Wildman–Crippen LogP) is 14.2. The van der Waals surface area contributed by atoms with Crippen LogP contribution < -0.4 is 5.32 Å². The number of aliphatic hydroxyl groups is 7. The number of hydrogen-bond acceptors (Lipinski definition) is 10. The highest BCUT2D eigenvalue weighted by atomic mass is 16.7. The molecular weight excluding hydrogens is 943 g/mol. The quantitative estimate of drug-likeness (QED) is 0.0215. The van der Waals surface area contributed by atoms with Gasteiger partial charge in [-0.1, -0.05) is 275 Å². The molecule has 0 aromatic rings. The normalized spacial score (nSPS) is 19.9. The summed E-state index contributed by atoms with van der Waals surface area (Å²) < 4.78 is 11.1. The lowest BCUT2D eigenvalue weighted by Crippen LogP contribution is -2.60. The topological polar surface area (TPSA) is 189 Å². The fourth-order valence-electron chi connectivity index (χ4n) is 10.4. The fourth-order valence-corrected chi connectivity index (χ4v) is 10.4. The number of unbranched alkanes of at least 4 members (excludes halogenated alkanes) is 38. The first-order valence-electron chi connectivity index (χ1n) is 31.9. The number of carbonyl (C=O) groups is 1. The molecule has 1 aliphatic rings. The summed E-state index contributed by atoms with van der Waals surface area (Å²) in [5, 5.41) is 76.0. The first kappa shape index (κ1) is 71.3. The second kappa shape index (κ2) is 53.0. The summed E-state index contributed by atoms with van der Waals surface area (Å²) in [4.78, 5) is 13.2. The second-order valence-electron chi connectivity index (χ2n) is 22.5. The Hall–Kier alpha value is -1.67. The monoisotopic (exact) mass is 1060 g/mol. The molecule has 0 aromatic carbocycles. The van der Waals surface area contributed by atoms with Crippen LogP contribution in [-0.2, 0) is 14.3 Å². The summed E-state index contributed by atoms with van der Waals surface area (Å²) in [6, 6.07) is -1.19. The zero-order valence-electron chi connectivity index (χ0n) is 48.5. The SMILES string of the molecule is C/C=C/CC/C=C/CC/C=C/CCCC(O)C(O)C(COC1OC(CO)C(O)C(O)C1O)NC(=O)C(O)CCCCCCCCCCCCCCCCCCCCCCCCCCCCCCCCCCCCCC. The van der Waals surface area contributed by atoms with Crippen molar-refractivity contribution >= 4 is 5.91 Å². The molecule has 0 radical (unpaired) electrons. The Labute approximate surface area is 460 Å². The van der Waals surface area contributed by atoms with E-state index in [1.165, 1.54) is 205 Å². The number of aliphatic hydroxyl groups excluding tert-OH is 7. The molecule has 11 heteroatoms. The number of ether oxygens (including phenoxy) is 2. The lowest BCUT2D eigenvalue weighted by molar-refractivity contribution is -0.303. The average molecular weight is 1060 g/mol.